The molecule has 0 amide bonds. The van der Waals surface area contributed by atoms with Crippen molar-refractivity contribution in [3.8, 4) is 11.1 Å². The molecule has 0 fully saturated rings. The summed E-state index contributed by atoms with van der Waals surface area (Å²) in [7, 11) is 0. The first-order valence-electron chi connectivity index (χ1n) is 8.17. The minimum atomic E-state index is -0.580. The van der Waals surface area contributed by atoms with E-state index in [9.17, 15) is 8.78 Å². The van der Waals surface area contributed by atoms with Gasteiger partial charge in [-0.3, -0.25) is 0 Å². The van der Waals surface area contributed by atoms with Crippen LogP contribution in [0.5, 0.6) is 0 Å². The van der Waals surface area contributed by atoms with Crippen LogP contribution in [0.25, 0.3) is 11.1 Å². The van der Waals surface area contributed by atoms with Crippen LogP contribution < -0.4 is 0 Å². The maximum atomic E-state index is 13.7. The number of aromatic nitrogens is 2. The Morgan fingerprint density at radius 1 is 1.00 bits per heavy atom. The van der Waals surface area contributed by atoms with E-state index in [0.717, 1.165) is 34.4 Å². The molecular formula is C20H17F2N3. The fourth-order valence-corrected chi connectivity index (χ4v) is 3.42. The molecule has 0 saturated carbocycles. The molecule has 25 heavy (non-hydrogen) atoms. The molecule has 0 spiro atoms. The van der Waals surface area contributed by atoms with Crippen molar-refractivity contribution in [3.63, 3.8) is 0 Å². The van der Waals surface area contributed by atoms with Crippen molar-refractivity contribution in [1.82, 2.24) is 9.78 Å². The predicted octanol–water partition coefficient (Wildman–Crippen LogP) is 5.22. The van der Waals surface area contributed by atoms with Crippen LogP contribution in [-0.2, 0) is 0 Å². The highest BCUT2D eigenvalue weighted by molar-refractivity contribution is 5.90. The smallest absolute Gasteiger partial charge is 0.159 e. The lowest BCUT2D eigenvalue weighted by Gasteiger charge is -2.24. The summed E-state index contributed by atoms with van der Waals surface area (Å²) in [6, 6.07) is 13.3. The van der Waals surface area contributed by atoms with Crippen LogP contribution in [0.3, 0.4) is 0 Å². The standard InChI is InChI=1S/C20H17F2N3/c1-12-8-18(15-9-16(21)11-17(22)10-15)25-20(23-12)19(13(2)24-25)14-6-4-3-5-7-14/h3-7,9-11,18H,8H2,1-2H3/t18-/m1/s1. The van der Waals surface area contributed by atoms with Crippen LogP contribution >= 0.6 is 0 Å². The molecule has 1 aliphatic rings. The second kappa shape index (κ2) is 5.92. The van der Waals surface area contributed by atoms with Crippen LogP contribution in [-0.4, -0.2) is 15.5 Å². The van der Waals surface area contributed by atoms with Gasteiger partial charge in [0.25, 0.3) is 0 Å². The van der Waals surface area contributed by atoms with Crippen molar-refractivity contribution in [2.24, 2.45) is 4.99 Å². The number of nitrogens with zero attached hydrogens (tertiary/aromatic N) is 3. The number of halogens is 2. The van der Waals surface area contributed by atoms with Gasteiger partial charge in [-0.05, 0) is 37.1 Å². The van der Waals surface area contributed by atoms with Crippen molar-refractivity contribution < 1.29 is 8.78 Å². The summed E-state index contributed by atoms with van der Waals surface area (Å²) in [5.41, 5.74) is 4.32. The third-order valence-electron chi connectivity index (χ3n) is 4.47. The number of rotatable bonds is 2. The Hall–Kier alpha value is -2.82. The van der Waals surface area contributed by atoms with Crippen molar-refractivity contribution >= 4 is 11.5 Å². The number of fused-ring (bicyclic) bond motifs is 1. The van der Waals surface area contributed by atoms with E-state index in [1.807, 2.05) is 44.2 Å². The fourth-order valence-electron chi connectivity index (χ4n) is 3.42. The van der Waals surface area contributed by atoms with E-state index in [1.165, 1.54) is 12.1 Å². The van der Waals surface area contributed by atoms with Gasteiger partial charge in [-0.15, -0.1) is 0 Å². The van der Waals surface area contributed by atoms with Gasteiger partial charge in [0.15, 0.2) is 5.82 Å². The highest BCUT2D eigenvalue weighted by Crippen LogP contribution is 2.40. The van der Waals surface area contributed by atoms with Crippen LogP contribution in [0.2, 0.25) is 0 Å². The molecule has 5 heteroatoms. The normalized spacial score (nSPS) is 16.5. The van der Waals surface area contributed by atoms with E-state index in [4.69, 9.17) is 4.99 Å². The molecule has 3 nitrogen and oxygen atoms in total. The fraction of sp³-hybridized carbons (Fsp3) is 0.200. The lowest BCUT2D eigenvalue weighted by atomic mass is 9.99. The summed E-state index contributed by atoms with van der Waals surface area (Å²) in [5, 5.41) is 4.64. The predicted molar refractivity (Wildman–Crippen MR) is 94.3 cm³/mol. The van der Waals surface area contributed by atoms with Gasteiger partial charge < -0.3 is 0 Å². The molecular weight excluding hydrogens is 320 g/mol. The third-order valence-corrected chi connectivity index (χ3v) is 4.47. The van der Waals surface area contributed by atoms with Crippen molar-refractivity contribution in [2.45, 2.75) is 26.3 Å². The molecule has 0 bridgehead atoms. The van der Waals surface area contributed by atoms with Crippen molar-refractivity contribution in [2.75, 3.05) is 0 Å². The third kappa shape index (κ3) is 2.76. The number of aryl methyl sites for hydroxylation is 1. The van der Waals surface area contributed by atoms with Gasteiger partial charge in [0, 0.05) is 23.8 Å². The Morgan fingerprint density at radius 2 is 1.68 bits per heavy atom. The molecule has 4 rings (SSSR count). The number of hydrogen-bond donors (Lipinski definition) is 0. The SMILES string of the molecule is CC1=Nc2c(-c3ccccc3)c(C)nn2[C@@H](c2cc(F)cc(F)c2)C1. The minimum absolute atomic E-state index is 0.270. The molecule has 0 N–H and O–H groups in total. The van der Waals surface area contributed by atoms with Gasteiger partial charge in [-0.25, -0.2) is 18.5 Å². The summed E-state index contributed by atoms with van der Waals surface area (Å²) in [5.74, 6) is -0.421. The van der Waals surface area contributed by atoms with E-state index >= 15 is 0 Å². The zero-order valence-corrected chi connectivity index (χ0v) is 14.0. The first-order chi connectivity index (χ1) is 12.0. The molecule has 1 aliphatic heterocycles. The molecule has 3 aromatic rings. The zero-order chi connectivity index (χ0) is 17.6. The average molecular weight is 337 g/mol. The minimum Gasteiger partial charge on any atom is -0.239 e. The summed E-state index contributed by atoms with van der Waals surface area (Å²) in [4.78, 5) is 4.69. The second-order valence-corrected chi connectivity index (χ2v) is 6.36. The summed E-state index contributed by atoms with van der Waals surface area (Å²) >= 11 is 0. The number of hydrogen-bond acceptors (Lipinski definition) is 2. The Morgan fingerprint density at radius 3 is 2.36 bits per heavy atom. The molecule has 0 saturated heterocycles. The molecule has 1 atom stereocenters. The van der Waals surface area contributed by atoms with Crippen molar-refractivity contribution in [1.29, 1.82) is 0 Å². The van der Waals surface area contributed by atoms with E-state index in [1.54, 1.807) is 4.68 Å². The van der Waals surface area contributed by atoms with E-state index in [0.29, 0.717) is 12.0 Å². The Balaban J connectivity index is 1.91. The monoisotopic (exact) mass is 337 g/mol. The highest BCUT2D eigenvalue weighted by Gasteiger charge is 2.28. The van der Waals surface area contributed by atoms with Crippen LogP contribution in [0, 0.1) is 18.6 Å². The lowest BCUT2D eigenvalue weighted by molar-refractivity contribution is 0.514. The number of aliphatic imine (C=N–C) groups is 1. The largest absolute Gasteiger partial charge is 0.239 e. The van der Waals surface area contributed by atoms with Gasteiger partial charge in [-0.2, -0.15) is 5.10 Å². The molecule has 126 valence electrons. The first-order valence-corrected chi connectivity index (χ1v) is 8.17. The lowest BCUT2D eigenvalue weighted by Crippen LogP contribution is -2.19. The Bertz CT molecular complexity index is 954. The van der Waals surface area contributed by atoms with Crippen molar-refractivity contribution in [3.05, 3.63) is 71.4 Å². The van der Waals surface area contributed by atoms with Crippen LogP contribution in [0.4, 0.5) is 14.6 Å². The van der Waals surface area contributed by atoms with Gasteiger partial charge in [-0.1, -0.05) is 30.3 Å². The summed E-state index contributed by atoms with van der Waals surface area (Å²) < 4.78 is 29.2. The van der Waals surface area contributed by atoms with Gasteiger partial charge in [0.05, 0.1) is 11.7 Å². The second-order valence-electron chi connectivity index (χ2n) is 6.36. The van der Waals surface area contributed by atoms with E-state index in [-0.39, 0.29) is 6.04 Å². The summed E-state index contributed by atoms with van der Waals surface area (Å²) in [6.07, 6.45) is 0.575. The van der Waals surface area contributed by atoms with Gasteiger partial charge >= 0.3 is 0 Å². The first kappa shape index (κ1) is 15.7. The van der Waals surface area contributed by atoms with E-state index < -0.39 is 11.6 Å². The molecule has 0 radical (unpaired) electrons. The maximum absolute atomic E-state index is 13.7. The number of benzene rings is 2. The maximum Gasteiger partial charge on any atom is 0.159 e. The molecule has 2 heterocycles. The van der Waals surface area contributed by atoms with E-state index in [2.05, 4.69) is 5.10 Å². The average Bonchev–Trinajstić information content (AvgIpc) is 2.89. The Labute approximate surface area is 144 Å². The van der Waals surface area contributed by atoms with Crippen LogP contribution in [0.1, 0.15) is 30.6 Å². The van der Waals surface area contributed by atoms with Gasteiger partial charge in [0.1, 0.15) is 11.6 Å². The zero-order valence-electron chi connectivity index (χ0n) is 14.0. The van der Waals surface area contributed by atoms with Gasteiger partial charge in [0.2, 0.25) is 0 Å². The topological polar surface area (TPSA) is 30.2 Å². The molecule has 1 aromatic heterocycles. The summed E-state index contributed by atoms with van der Waals surface area (Å²) in [6.45, 7) is 3.87. The molecule has 2 aromatic carbocycles. The Kier molecular flexibility index (Phi) is 3.71. The molecule has 0 unspecified atom stereocenters. The quantitative estimate of drug-likeness (QED) is 0.630. The highest BCUT2D eigenvalue weighted by atomic mass is 19.1. The van der Waals surface area contributed by atoms with Crippen LogP contribution in [0.15, 0.2) is 53.5 Å². The molecule has 0 aliphatic carbocycles.